The molecule has 1 unspecified atom stereocenters. The van der Waals surface area contributed by atoms with E-state index in [1.807, 2.05) is 13.2 Å². The standard InChI is InChI=1S/C9H20OSi/c1-6-7-8-11(10-5)9(2,3)4/h6,11H,1,7-8H2,2-5H3. The molecule has 0 bridgehead atoms. The first-order valence-electron chi connectivity index (χ1n) is 4.16. The van der Waals surface area contributed by atoms with Crippen molar-refractivity contribution in [3.63, 3.8) is 0 Å². The van der Waals surface area contributed by atoms with Crippen LogP contribution < -0.4 is 0 Å². The second-order valence-corrected chi connectivity index (χ2v) is 7.71. The normalized spacial score (nSPS) is 14.5. The van der Waals surface area contributed by atoms with Gasteiger partial charge in [0.25, 0.3) is 0 Å². The molecule has 0 amide bonds. The minimum atomic E-state index is -0.990. The SMILES string of the molecule is C=CCC[SiH](OC)C(C)(C)C. The zero-order valence-electron chi connectivity index (χ0n) is 8.18. The molecule has 0 spiro atoms. The summed E-state index contributed by atoms with van der Waals surface area (Å²) in [5.41, 5.74) is 0. The lowest BCUT2D eigenvalue weighted by atomic mass is 10.2. The van der Waals surface area contributed by atoms with E-state index in [9.17, 15) is 0 Å². The molecule has 66 valence electrons. The molecule has 0 aromatic heterocycles. The van der Waals surface area contributed by atoms with E-state index in [1.165, 1.54) is 6.04 Å². The number of rotatable bonds is 4. The van der Waals surface area contributed by atoms with Crippen LogP contribution in [0.15, 0.2) is 12.7 Å². The van der Waals surface area contributed by atoms with Crippen LogP contribution >= 0.6 is 0 Å². The highest BCUT2D eigenvalue weighted by molar-refractivity contribution is 6.55. The first-order chi connectivity index (χ1) is 5.02. The maximum atomic E-state index is 5.51. The van der Waals surface area contributed by atoms with E-state index in [-0.39, 0.29) is 0 Å². The van der Waals surface area contributed by atoms with Crippen LogP contribution in [0, 0.1) is 0 Å². The molecule has 1 nitrogen and oxygen atoms in total. The molecule has 0 aliphatic carbocycles. The molecule has 11 heavy (non-hydrogen) atoms. The highest BCUT2D eigenvalue weighted by atomic mass is 28.3. The third-order valence-corrected chi connectivity index (χ3v) is 5.24. The lowest BCUT2D eigenvalue weighted by Crippen LogP contribution is -2.27. The van der Waals surface area contributed by atoms with Gasteiger partial charge < -0.3 is 4.43 Å². The smallest absolute Gasteiger partial charge is 0.182 e. The Balaban J connectivity index is 3.85. The molecule has 1 atom stereocenters. The van der Waals surface area contributed by atoms with Gasteiger partial charge in [0.1, 0.15) is 0 Å². The molecule has 0 saturated carbocycles. The van der Waals surface area contributed by atoms with E-state index in [4.69, 9.17) is 4.43 Å². The van der Waals surface area contributed by atoms with Crippen LogP contribution in [0.2, 0.25) is 11.1 Å². The van der Waals surface area contributed by atoms with Crippen molar-refractivity contribution in [3.8, 4) is 0 Å². The summed E-state index contributed by atoms with van der Waals surface area (Å²) in [5.74, 6) is 0. The number of hydrogen-bond acceptors (Lipinski definition) is 1. The summed E-state index contributed by atoms with van der Waals surface area (Å²) in [6.45, 7) is 10.5. The average molecular weight is 172 g/mol. The second-order valence-electron chi connectivity index (χ2n) is 3.96. The van der Waals surface area contributed by atoms with Crippen molar-refractivity contribution >= 4 is 9.04 Å². The van der Waals surface area contributed by atoms with E-state index >= 15 is 0 Å². The van der Waals surface area contributed by atoms with Gasteiger partial charge in [0.05, 0.1) is 0 Å². The fourth-order valence-corrected chi connectivity index (χ4v) is 3.52. The van der Waals surface area contributed by atoms with Gasteiger partial charge in [-0.2, -0.15) is 0 Å². The first kappa shape index (κ1) is 10.9. The van der Waals surface area contributed by atoms with Crippen LogP contribution in [0.4, 0.5) is 0 Å². The Morgan fingerprint density at radius 3 is 2.27 bits per heavy atom. The van der Waals surface area contributed by atoms with Gasteiger partial charge in [-0.3, -0.25) is 0 Å². The van der Waals surface area contributed by atoms with Gasteiger partial charge in [0, 0.05) is 7.11 Å². The summed E-state index contributed by atoms with van der Waals surface area (Å²) in [6, 6.07) is 1.21. The molecule has 0 aliphatic heterocycles. The fourth-order valence-electron chi connectivity index (χ4n) is 1.17. The van der Waals surface area contributed by atoms with Gasteiger partial charge in [0.2, 0.25) is 0 Å². The van der Waals surface area contributed by atoms with Crippen molar-refractivity contribution in [2.24, 2.45) is 0 Å². The van der Waals surface area contributed by atoms with Gasteiger partial charge in [-0.1, -0.05) is 26.8 Å². The van der Waals surface area contributed by atoms with Crippen molar-refractivity contribution in [1.29, 1.82) is 0 Å². The number of hydrogen-bond donors (Lipinski definition) is 0. The van der Waals surface area contributed by atoms with Crippen LogP contribution in [0.3, 0.4) is 0 Å². The maximum Gasteiger partial charge on any atom is 0.182 e. The lowest BCUT2D eigenvalue weighted by molar-refractivity contribution is 0.389. The van der Waals surface area contributed by atoms with E-state index in [2.05, 4.69) is 27.4 Å². The Hall–Kier alpha value is -0.0831. The van der Waals surface area contributed by atoms with Crippen molar-refractivity contribution < 1.29 is 4.43 Å². The van der Waals surface area contributed by atoms with Crippen molar-refractivity contribution in [1.82, 2.24) is 0 Å². The molecule has 0 fully saturated rings. The maximum absolute atomic E-state index is 5.51. The highest BCUT2D eigenvalue weighted by Gasteiger charge is 2.25. The Kier molecular flexibility index (Phi) is 4.69. The average Bonchev–Trinajstić information content (AvgIpc) is 1.87. The lowest BCUT2D eigenvalue weighted by Gasteiger charge is -2.26. The zero-order valence-corrected chi connectivity index (χ0v) is 9.34. The summed E-state index contributed by atoms with van der Waals surface area (Å²) in [4.78, 5) is 0. The highest BCUT2D eigenvalue weighted by Crippen LogP contribution is 2.30. The van der Waals surface area contributed by atoms with Gasteiger partial charge in [-0.25, -0.2) is 0 Å². The second kappa shape index (κ2) is 4.73. The number of allylic oxidation sites excluding steroid dienone is 1. The minimum absolute atomic E-state index is 0.387. The predicted molar refractivity (Wildman–Crippen MR) is 53.5 cm³/mol. The zero-order chi connectivity index (χ0) is 8.91. The summed E-state index contributed by atoms with van der Waals surface area (Å²) < 4.78 is 5.51. The van der Waals surface area contributed by atoms with Crippen LogP contribution in [-0.4, -0.2) is 16.2 Å². The third kappa shape index (κ3) is 4.38. The van der Waals surface area contributed by atoms with Gasteiger partial charge in [-0.15, -0.1) is 6.58 Å². The summed E-state index contributed by atoms with van der Waals surface area (Å²) in [7, 11) is 0.848. The van der Waals surface area contributed by atoms with E-state index in [0.717, 1.165) is 6.42 Å². The third-order valence-electron chi connectivity index (χ3n) is 1.88. The Bertz CT molecular complexity index is 115. The Labute approximate surface area is 72.2 Å². The van der Waals surface area contributed by atoms with Crippen LogP contribution in [0.1, 0.15) is 27.2 Å². The van der Waals surface area contributed by atoms with E-state index in [0.29, 0.717) is 5.04 Å². The quantitative estimate of drug-likeness (QED) is 0.468. The van der Waals surface area contributed by atoms with Crippen molar-refractivity contribution in [2.75, 3.05) is 7.11 Å². The first-order valence-corrected chi connectivity index (χ1v) is 6.02. The van der Waals surface area contributed by atoms with Gasteiger partial charge >= 0.3 is 0 Å². The Morgan fingerprint density at radius 1 is 1.45 bits per heavy atom. The van der Waals surface area contributed by atoms with Crippen LogP contribution in [-0.2, 0) is 4.43 Å². The largest absolute Gasteiger partial charge is 0.423 e. The van der Waals surface area contributed by atoms with E-state index < -0.39 is 9.04 Å². The molecule has 0 heterocycles. The fraction of sp³-hybridized carbons (Fsp3) is 0.778. The molecule has 0 N–H and O–H groups in total. The Morgan fingerprint density at radius 2 is 2.00 bits per heavy atom. The monoisotopic (exact) mass is 172 g/mol. The molecule has 0 aliphatic rings. The molecular formula is C9H20OSi. The molecular weight excluding hydrogens is 152 g/mol. The molecule has 0 radical (unpaired) electrons. The topological polar surface area (TPSA) is 9.23 Å². The molecule has 2 heteroatoms. The minimum Gasteiger partial charge on any atom is -0.423 e. The molecule has 0 aromatic carbocycles. The molecule has 0 aromatic rings. The van der Waals surface area contributed by atoms with Crippen LogP contribution in [0.5, 0.6) is 0 Å². The van der Waals surface area contributed by atoms with Crippen molar-refractivity contribution in [2.45, 2.75) is 38.3 Å². The summed E-state index contributed by atoms with van der Waals surface area (Å²) in [6.07, 6.45) is 3.08. The van der Waals surface area contributed by atoms with Crippen LogP contribution in [0.25, 0.3) is 0 Å². The van der Waals surface area contributed by atoms with Gasteiger partial charge in [-0.05, 0) is 17.5 Å². The van der Waals surface area contributed by atoms with Gasteiger partial charge in [0.15, 0.2) is 9.04 Å². The summed E-state index contributed by atoms with van der Waals surface area (Å²) in [5, 5.41) is 0.387. The summed E-state index contributed by atoms with van der Waals surface area (Å²) >= 11 is 0. The predicted octanol–water partition coefficient (Wildman–Crippen LogP) is 2.73. The van der Waals surface area contributed by atoms with Crippen molar-refractivity contribution in [3.05, 3.63) is 12.7 Å². The molecule has 0 rings (SSSR count). The van der Waals surface area contributed by atoms with E-state index in [1.54, 1.807) is 0 Å². The molecule has 0 saturated heterocycles.